The molecule has 0 aromatic carbocycles. The lowest BCUT2D eigenvalue weighted by Gasteiger charge is -2.19. The summed E-state index contributed by atoms with van der Waals surface area (Å²) in [6.45, 7) is 6.14. The number of nitrogens with two attached hydrogens (primary N) is 1. The van der Waals surface area contributed by atoms with Gasteiger partial charge >= 0.3 is 12.1 Å². The number of nitrogens with one attached hydrogen (secondary N) is 2. The summed E-state index contributed by atoms with van der Waals surface area (Å²) in [7, 11) is 0. The summed E-state index contributed by atoms with van der Waals surface area (Å²) in [5.41, 5.74) is 4.37. The van der Waals surface area contributed by atoms with E-state index >= 15 is 0 Å². The molecule has 0 rings (SSSR count). The van der Waals surface area contributed by atoms with E-state index in [1.165, 1.54) is 0 Å². The molecule has 0 spiro atoms. The molecule has 0 saturated carbocycles. The van der Waals surface area contributed by atoms with Crippen molar-refractivity contribution in [2.24, 2.45) is 5.73 Å². The summed E-state index contributed by atoms with van der Waals surface area (Å²) >= 11 is 0. The van der Waals surface area contributed by atoms with Crippen LogP contribution < -0.4 is 16.4 Å². The van der Waals surface area contributed by atoms with Crippen molar-refractivity contribution in [2.75, 3.05) is 19.7 Å². The van der Waals surface area contributed by atoms with Gasteiger partial charge < -0.3 is 25.8 Å². The molecule has 0 aromatic heterocycles. The van der Waals surface area contributed by atoms with Crippen LogP contribution in [-0.4, -0.2) is 49.2 Å². The maximum atomic E-state index is 11.7. The summed E-state index contributed by atoms with van der Waals surface area (Å²) < 4.78 is 9.77. The number of esters is 1. The van der Waals surface area contributed by atoms with Crippen molar-refractivity contribution in [3.8, 4) is 0 Å². The van der Waals surface area contributed by atoms with Gasteiger partial charge in [-0.1, -0.05) is 12.8 Å². The van der Waals surface area contributed by atoms with Gasteiger partial charge in [-0.05, 0) is 46.5 Å². The zero-order chi connectivity index (χ0) is 21.4. The lowest BCUT2D eigenvalue weighted by atomic mass is 10.1. The molecule has 0 fully saturated rings. The summed E-state index contributed by atoms with van der Waals surface area (Å²) in [6.07, 6.45) is 4.84. The SMILES string of the molecule is CC(C)(C)OC(=O)NCCCCCC(=O)NCCCCCC(=O)OCC(N)=O. The molecule has 0 aliphatic carbocycles. The third-order valence-electron chi connectivity index (χ3n) is 3.50. The molecule has 0 unspecified atom stereocenters. The van der Waals surface area contributed by atoms with Crippen molar-refractivity contribution in [1.29, 1.82) is 0 Å². The molecule has 0 aromatic rings. The molecule has 3 amide bonds. The van der Waals surface area contributed by atoms with E-state index in [9.17, 15) is 19.2 Å². The average Bonchev–Trinajstić information content (AvgIpc) is 2.57. The highest BCUT2D eigenvalue weighted by atomic mass is 16.6. The van der Waals surface area contributed by atoms with Gasteiger partial charge in [-0.15, -0.1) is 0 Å². The third kappa shape index (κ3) is 18.5. The fraction of sp³-hybridized carbons (Fsp3) is 0.789. The Bertz CT molecular complexity index is 502. The summed E-state index contributed by atoms with van der Waals surface area (Å²) in [5.74, 6) is -1.11. The van der Waals surface area contributed by atoms with Crippen LogP contribution in [0.3, 0.4) is 0 Å². The first-order valence-corrected chi connectivity index (χ1v) is 9.77. The average molecular weight is 402 g/mol. The maximum absolute atomic E-state index is 11.7. The van der Waals surface area contributed by atoms with Crippen LogP contribution in [0.2, 0.25) is 0 Å². The monoisotopic (exact) mass is 401 g/mol. The lowest BCUT2D eigenvalue weighted by molar-refractivity contribution is -0.147. The number of carbonyl (C=O) groups is 4. The number of hydrogen-bond donors (Lipinski definition) is 3. The molecule has 0 heterocycles. The minimum Gasteiger partial charge on any atom is -0.456 e. The second-order valence-electron chi connectivity index (χ2n) is 7.53. The molecule has 0 radical (unpaired) electrons. The molecule has 28 heavy (non-hydrogen) atoms. The van der Waals surface area contributed by atoms with Gasteiger partial charge in [-0.3, -0.25) is 14.4 Å². The van der Waals surface area contributed by atoms with Gasteiger partial charge in [0, 0.05) is 25.9 Å². The zero-order valence-electron chi connectivity index (χ0n) is 17.3. The zero-order valence-corrected chi connectivity index (χ0v) is 17.3. The van der Waals surface area contributed by atoms with E-state index in [0.29, 0.717) is 25.9 Å². The van der Waals surface area contributed by atoms with E-state index in [4.69, 9.17) is 10.5 Å². The van der Waals surface area contributed by atoms with Gasteiger partial charge in [0.25, 0.3) is 5.91 Å². The number of primary amides is 1. The Hall–Kier alpha value is -2.32. The molecular formula is C19H35N3O6. The van der Waals surface area contributed by atoms with Crippen molar-refractivity contribution >= 4 is 23.9 Å². The van der Waals surface area contributed by atoms with Crippen LogP contribution in [0, 0.1) is 0 Å². The summed E-state index contributed by atoms with van der Waals surface area (Å²) in [5, 5.41) is 5.52. The molecule has 9 nitrogen and oxygen atoms in total. The largest absolute Gasteiger partial charge is 0.456 e. The van der Waals surface area contributed by atoms with Crippen LogP contribution in [0.25, 0.3) is 0 Å². The first-order valence-electron chi connectivity index (χ1n) is 9.77. The van der Waals surface area contributed by atoms with Gasteiger partial charge in [0.1, 0.15) is 5.60 Å². The third-order valence-corrected chi connectivity index (χ3v) is 3.50. The Morgan fingerprint density at radius 3 is 1.96 bits per heavy atom. The number of alkyl carbamates (subject to hydrolysis) is 1. The van der Waals surface area contributed by atoms with E-state index in [1.807, 2.05) is 20.8 Å². The highest BCUT2D eigenvalue weighted by molar-refractivity contribution is 5.79. The molecule has 4 N–H and O–H groups in total. The van der Waals surface area contributed by atoms with Crippen LogP contribution in [0.5, 0.6) is 0 Å². The number of rotatable bonds is 14. The molecule has 9 heteroatoms. The lowest BCUT2D eigenvalue weighted by Crippen LogP contribution is -2.33. The van der Waals surface area contributed by atoms with Crippen LogP contribution in [0.1, 0.15) is 72.1 Å². The molecule has 0 aliphatic heterocycles. The number of amides is 3. The minimum atomic E-state index is -0.671. The Balaban J connectivity index is 3.46. The fourth-order valence-electron chi connectivity index (χ4n) is 2.20. The van der Waals surface area contributed by atoms with Crippen LogP contribution in [-0.2, 0) is 23.9 Å². The molecule has 0 atom stereocenters. The topological polar surface area (TPSA) is 137 Å². The van der Waals surface area contributed by atoms with Gasteiger partial charge in [-0.25, -0.2) is 4.79 Å². The van der Waals surface area contributed by atoms with Crippen LogP contribution >= 0.6 is 0 Å². The van der Waals surface area contributed by atoms with E-state index in [2.05, 4.69) is 15.4 Å². The quantitative estimate of drug-likeness (QED) is 0.300. The second kappa shape index (κ2) is 14.7. The van der Waals surface area contributed by atoms with Gasteiger partial charge in [-0.2, -0.15) is 0 Å². The predicted molar refractivity (Wildman–Crippen MR) is 104 cm³/mol. The molecule has 0 bridgehead atoms. The van der Waals surface area contributed by atoms with Gasteiger partial charge in [0.15, 0.2) is 6.61 Å². The Morgan fingerprint density at radius 2 is 1.39 bits per heavy atom. The van der Waals surface area contributed by atoms with E-state index in [0.717, 1.165) is 32.1 Å². The first-order chi connectivity index (χ1) is 13.1. The molecule has 162 valence electrons. The van der Waals surface area contributed by atoms with Crippen molar-refractivity contribution in [3.05, 3.63) is 0 Å². The Kier molecular flexibility index (Phi) is 13.5. The van der Waals surface area contributed by atoms with Crippen molar-refractivity contribution in [3.63, 3.8) is 0 Å². The smallest absolute Gasteiger partial charge is 0.407 e. The minimum absolute atomic E-state index is 0.000898. The van der Waals surface area contributed by atoms with Gasteiger partial charge in [0.2, 0.25) is 5.91 Å². The van der Waals surface area contributed by atoms with E-state index in [1.54, 1.807) is 0 Å². The maximum Gasteiger partial charge on any atom is 0.407 e. The predicted octanol–water partition coefficient (Wildman–Crippen LogP) is 1.78. The molecule has 0 saturated heterocycles. The highest BCUT2D eigenvalue weighted by Crippen LogP contribution is 2.06. The first kappa shape index (κ1) is 25.7. The summed E-state index contributed by atoms with van der Waals surface area (Å²) in [4.78, 5) is 44.9. The second-order valence-corrected chi connectivity index (χ2v) is 7.53. The highest BCUT2D eigenvalue weighted by Gasteiger charge is 2.15. The Morgan fingerprint density at radius 1 is 0.821 bits per heavy atom. The molecular weight excluding hydrogens is 366 g/mol. The standard InChI is InChI=1S/C19H35N3O6/c1-19(2,3)28-18(26)22-13-9-4-6-10-16(24)21-12-8-5-7-11-17(25)27-14-15(20)23/h4-14H2,1-3H3,(H2,20,23)(H,21,24)(H,22,26). The van der Waals surface area contributed by atoms with Crippen molar-refractivity contribution < 1.29 is 28.7 Å². The summed E-state index contributed by atoms with van der Waals surface area (Å²) in [6, 6.07) is 0. The van der Waals surface area contributed by atoms with Crippen LogP contribution in [0.4, 0.5) is 4.79 Å². The fourth-order valence-corrected chi connectivity index (χ4v) is 2.20. The number of ether oxygens (including phenoxy) is 2. The number of unbranched alkanes of at least 4 members (excludes halogenated alkanes) is 4. The van der Waals surface area contributed by atoms with Gasteiger partial charge in [0.05, 0.1) is 0 Å². The van der Waals surface area contributed by atoms with E-state index < -0.39 is 23.6 Å². The Labute approximate surface area is 167 Å². The van der Waals surface area contributed by atoms with E-state index in [-0.39, 0.29) is 18.9 Å². The normalized spacial score (nSPS) is 10.8. The molecule has 0 aliphatic rings. The van der Waals surface area contributed by atoms with Crippen molar-refractivity contribution in [2.45, 2.75) is 77.7 Å². The van der Waals surface area contributed by atoms with Crippen molar-refractivity contribution in [1.82, 2.24) is 10.6 Å². The number of hydrogen-bond acceptors (Lipinski definition) is 6. The number of carbonyl (C=O) groups excluding carboxylic acids is 4. The van der Waals surface area contributed by atoms with Crippen LogP contribution in [0.15, 0.2) is 0 Å².